The van der Waals surface area contributed by atoms with E-state index < -0.39 is 10.0 Å². The lowest BCUT2D eigenvalue weighted by Crippen LogP contribution is -2.35. The predicted molar refractivity (Wildman–Crippen MR) is 99.7 cm³/mol. The molecule has 0 radical (unpaired) electrons. The lowest BCUT2D eigenvalue weighted by molar-refractivity contribution is -0.118. The number of rotatable bonds is 5. The topological polar surface area (TPSA) is 66.5 Å². The normalized spacial score (nSPS) is 14.3. The second kappa shape index (κ2) is 7.06. The van der Waals surface area contributed by atoms with Gasteiger partial charge in [0.1, 0.15) is 4.90 Å². The summed E-state index contributed by atoms with van der Waals surface area (Å²) in [6, 6.07) is 11.6. The number of benzene rings is 2. The summed E-state index contributed by atoms with van der Waals surface area (Å²) in [6.45, 7) is 2.68. The Balaban J connectivity index is 1.91. The van der Waals surface area contributed by atoms with E-state index in [0.29, 0.717) is 25.1 Å². The minimum atomic E-state index is -3.77. The Labute approximate surface area is 152 Å². The number of anilines is 2. The molecule has 0 aliphatic carbocycles. The third-order valence-corrected chi connectivity index (χ3v) is 5.99. The average Bonchev–Trinajstić information content (AvgIpc) is 2.57. The number of nitrogens with one attached hydrogen (secondary N) is 1. The molecule has 0 unspecified atom stereocenters. The monoisotopic (exact) mass is 378 g/mol. The largest absolute Gasteiger partial charge is 0.312 e. The summed E-state index contributed by atoms with van der Waals surface area (Å²) in [4.78, 5) is 13.9. The molecular formula is C18H19ClN2O3S. The van der Waals surface area contributed by atoms with Crippen LogP contribution in [0.15, 0.2) is 47.4 Å². The van der Waals surface area contributed by atoms with Crippen LogP contribution in [0.1, 0.15) is 25.3 Å². The molecule has 1 N–H and O–H groups in total. The van der Waals surface area contributed by atoms with Crippen molar-refractivity contribution in [3.63, 3.8) is 0 Å². The second-order valence-electron chi connectivity index (χ2n) is 5.92. The van der Waals surface area contributed by atoms with E-state index in [2.05, 4.69) is 4.72 Å². The first-order valence-corrected chi connectivity index (χ1v) is 9.99. The Hall–Kier alpha value is -2.05. The molecule has 25 heavy (non-hydrogen) atoms. The lowest BCUT2D eigenvalue weighted by atomic mass is 10.0. The Bertz CT molecular complexity index is 912. The van der Waals surface area contributed by atoms with E-state index in [9.17, 15) is 13.2 Å². The van der Waals surface area contributed by atoms with Crippen LogP contribution < -0.4 is 9.62 Å². The van der Waals surface area contributed by atoms with Gasteiger partial charge >= 0.3 is 0 Å². The SMILES string of the molecule is CCCN1C(=O)CCc2cc(NS(=O)(=O)c3ccccc3Cl)ccc21. The molecule has 3 rings (SSSR count). The number of aryl methyl sites for hydroxylation is 1. The van der Waals surface area contributed by atoms with E-state index in [0.717, 1.165) is 17.7 Å². The summed E-state index contributed by atoms with van der Waals surface area (Å²) in [7, 11) is -3.77. The lowest BCUT2D eigenvalue weighted by Gasteiger charge is -2.29. The van der Waals surface area contributed by atoms with Gasteiger partial charge in [0.2, 0.25) is 5.91 Å². The zero-order valence-electron chi connectivity index (χ0n) is 13.8. The molecule has 0 spiro atoms. The number of carbonyl (C=O) groups is 1. The molecule has 0 atom stereocenters. The fraction of sp³-hybridized carbons (Fsp3) is 0.278. The second-order valence-corrected chi connectivity index (χ2v) is 7.98. The summed E-state index contributed by atoms with van der Waals surface area (Å²) < 4.78 is 27.7. The van der Waals surface area contributed by atoms with E-state index >= 15 is 0 Å². The third-order valence-electron chi connectivity index (χ3n) is 4.11. The van der Waals surface area contributed by atoms with Gasteiger partial charge in [-0.15, -0.1) is 0 Å². The van der Waals surface area contributed by atoms with Crippen LogP contribution in [0.5, 0.6) is 0 Å². The van der Waals surface area contributed by atoms with Crippen molar-refractivity contribution in [2.24, 2.45) is 0 Å². The molecule has 0 bridgehead atoms. The highest BCUT2D eigenvalue weighted by Gasteiger charge is 2.24. The maximum absolute atomic E-state index is 12.5. The van der Waals surface area contributed by atoms with Crippen molar-refractivity contribution in [2.75, 3.05) is 16.2 Å². The summed E-state index contributed by atoms with van der Waals surface area (Å²) in [5.41, 5.74) is 2.29. The molecule has 1 aliphatic heterocycles. The van der Waals surface area contributed by atoms with Crippen LogP contribution in [0, 0.1) is 0 Å². The van der Waals surface area contributed by atoms with E-state index in [4.69, 9.17) is 11.6 Å². The minimum Gasteiger partial charge on any atom is -0.312 e. The highest BCUT2D eigenvalue weighted by Crippen LogP contribution is 2.31. The Kier molecular flexibility index (Phi) is 5.01. The number of amides is 1. The van der Waals surface area contributed by atoms with Crippen LogP contribution in [0.2, 0.25) is 5.02 Å². The van der Waals surface area contributed by atoms with Gasteiger partial charge < -0.3 is 4.90 Å². The van der Waals surface area contributed by atoms with Crippen LogP contribution in [-0.4, -0.2) is 20.9 Å². The van der Waals surface area contributed by atoms with E-state index in [1.54, 1.807) is 35.2 Å². The quantitative estimate of drug-likeness (QED) is 0.859. The summed E-state index contributed by atoms with van der Waals surface area (Å²) in [5.74, 6) is 0.110. The van der Waals surface area contributed by atoms with Gasteiger partial charge in [-0.3, -0.25) is 9.52 Å². The Morgan fingerprint density at radius 3 is 2.64 bits per heavy atom. The summed E-state index contributed by atoms with van der Waals surface area (Å²) in [6.07, 6.45) is 1.91. The zero-order valence-corrected chi connectivity index (χ0v) is 15.4. The summed E-state index contributed by atoms with van der Waals surface area (Å²) >= 11 is 6.00. The van der Waals surface area contributed by atoms with Gasteiger partial charge in [-0.1, -0.05) is 30.7 Å². The number of halogens is 1. The van der Waals surface area contributed by atoms with Gasteiger partial charge in [-0.25, -0.2) is 8.42 Å². The van der Waals surface area contributed by atoms with Crippen molar-refractivity contribution in [3.8, 4) is 0 Å². The molecule has 0 aromatic heterocycles. The number of carbonyl (C=O) groups excluding carboxylic acids is 1. The number of sulfonamides is 1. The van der Waals surface area contributed by atoms with Gasteiger partial charge in [0, 0.05) is 24.3 Å². The van der Waals surface area contributed by atoms with Crippen molar-refractivity contribution in [2.45, 2.75) is 31.1 Å². The molecule has 1 aliphatic rings. The molecule has 0 saturated heterocycles. The molecule has 7 heteroatoms. The number of hydrogen-bond acceptors (Lipinski definition) is 3. The van der Waals surface area contributed by atoms with Gasteiger partial charge in [0.05, 0.1) is 5.02 Å². The third kappa shape index (κ3) is 3.65. The van der Waals surface area contributed by atoms with Crippen LogP contribution in [0.25, 0.3) is 0 Å². The van der Waals surface area contributed by atoms with Crippen molar-refractivity contribution in [1.82, 2.24) is 0 Å². The number of fused-ring (bicyclic) bond motifs is 1. The van der Waals surface area contributed by atoms with Gasteiger partial charge in [-0.2, -0.15) is 0 Å². The van der Waals surface area contributed by atoms with Gasteiger partial charge in [0.25, 0.3) is 10.0 Å². The van der Waals surface area contributed by atoms with Crippen molar-refractivity contribution in [3.05, 3.63) is 53.1 Å². The molecule has 5 nitrogen and oxygen atoms in total. The molecule has 0 saturated carbocycles. The van der Waals surface area contributed by atoms with Crippen molar-refractivity contribution >= 4 is 38.9 Å². The Morgan fingerprint density at radius 1 is 1.16 bits per heavy atom. The molecule has 132 valence electrons. The molecule has 1 amide bonds. The number of hydrogen-bond donors (Lipinski definition) is 1. The first-order chi connectivity index (χ1) is 11.9. The van der Waals surface area contributed by atoms with Crippen LogP contribution >= 0.6 is 11.6 Å². The first kappa shape index (κ1) is 17.8. The molecule has 2 aromatic rings. The standard InChI is InChI=1S/C18H19ClN2O3S/c1-2-11-21-16-9-8-14(12-13(16)7-10-18(21)22)20-25(23,24)17-6-4-3-5-15(17)19/h3-6,8-9,12,20H,2,7,10-11H2,1H3. The van der Waals surface area contributed by atoms with E-state index in [-0.39, 0.29) is 15.8 Å². The van der Waals surface area contributed by atoms with E-state index in [1.807, 2.05) is 6.92 Å². The average molecular weight is 379 g/mol. The molecular weight excluding hydrogens is 360 g/mol. The maximum atomic E-state index is 12.5. The molecule has 2 aromatic carbocycles. The smallest absolute Gasteiger partial charge is 0.263 e. The van der Waals surface area contributed by atoms with Gasteiger partial charge in [0.15, 0.2) is 0 Å². The van der Waals surface area contributed by atoms with E-state index in [1.165, 1.54) is 12.1 Å². The van der Waals surface area contributed by atoms with Crippen molar-refractivity contribution < 1.29 is 13.2 Å². The first-order valence-electron chi connectivity index (χ1n) is 8.13. The predicted octanol–water partition coefficient (Wildman–Crippen LogP) is 3.83. The maximum Gasteiger partial charge on any atom is 0.263 e. The molecule has 0 fully saturated rings. The van der Waals surface area contributed by atoms with Crippen LogP contribution in [0.4, 0.5) is 11.4 Å². The zero-order chi connectivity index (χ0) is 18.0. The molecule has 1 heterocycles. The fourth-order valence-electron chi connectivity index (χ4n) is 2.97. The summed E-state index contributed by atoms with van der Waals surface area (Å²) in [5, 5.41) is 0.174. The fourth-order valence-corrected chi connectivity index (χ4v) is 4.54. The highest BCUT2D eigenvalue weighted by molar-refractivity contribution is 7.92. The number of nitrogens with zero attached hydrogens (tertiary/aromatic N) is 1. The van der Waals surface area contributed by atoms with Gasteiger partial charge in [-0.05, 0) is 48.7 Å². The van der Waals surface area contributed by atoms with Crippen molar-refractivity contribution in [1.29, 1.82) is 0 Å². The highest BCUT2D eigenvalue weighted by atomic mass is 35.5. The Morgan fingerprint density at radius 2 is 1.92 bits per heavy atom. The van der Waals surface area contributed by atoms with Crippen LogP contribution in [0.3, 0.4) is 0 Å². The van der Waals surface area contributed by atoms with Crippen LogP contribution in [-0.2, 0) is 21.2 Å². The minimum absolute atomic E-state index is 0.0391.